The molecule has 0 aromatic heterocycles. The molecule has 0 aliphatic rings. The number of ether oxygens (including phenoxy) is 6. The molecule has 16 heteroatoms. The number of rotatable bonds is 22. The van der Waals surface area contributed by atoms with Gasteiger partial charge in [0.1, 0.15) is 49.1 Å². The SMILES string of the molecule is CCCC(=O)OCC(COC(=O)CCC)OC(=O)c1cc(N=Nc2ccc(O)c(C(=O)OC(COC(=O)CCC)COC(=O)CCC)c2)ccc1O. The maximum absolute atomic E-state index is 13.1. The van der Waals surface area contributed by atoms with Crippen LogP contribution < -0.4 is 0 Å². The second-order valence-electron chi connectivity index (χ2n) is 11.4. The largest absolute Gasteiger partial charge is 0.507 e. The Bertz CT molecular complexity index is 1400. The summed E-state index contributed by atoms with van der Waals surface area (Å²) in [7, 11) is 0. The molecule has 2 rings (SSSR count). The van der Waals surface area contributed by atoms with E-state index in [0.29, 0.717) is 25.7 Å². The van der Waals surface area contributed by atoms with Gasteiger partial charge >= 0.3 is 35.8 Å². The van der Waals surface area contributed by atoms with Crippen molar-refractivity contribution in [3.8, 4) is 11.5 Å². The molecule has 284 valence electrons. The van der Waals surface area contributed by atoms with Crippen LogP contribution in [0, 0.1) is 0 Å². The zero-order valence-corrected chi connectivity index (χ0v) is 29.8. The molecule has 0 aliphatic heterocycles. The van der Waals surface area contributed by atoms with Crippen molar-refractivity contribution in [1.82, 2.24) is 0 Å². The fourth-order valence-corrected chi connectivity index (χ4v) is 4.13. The van der Waals surface area contributed by atoms with Gasteiger partial charge in [-0.1, -0.05) is 27.7 Å². The first kappa shape index (κ1) is 42.6. The Kier molecular flexibility index (Phi) is 18.9. The van der Waals surface area contributed by atoms with Crippen molar-refractivity contribution in [2.75, 3.05) is 26.4 Å². The second kappa shape index (κ2) is 23.0. The minimum Gasteiger partial charge on any atom is -0.507 e. The van der Waals surface area contributed by atoms with Crippen LogP contribution in [0.5, 0.6) is 11.5 Å². The van der Waals surface area contributed by atoms with Crippen molar-refractivity contribution in [2.24, 2.45) is 10.2 Å². The quantitative estimate of drug-likeness (QED) is 0.0813. The average Bonchev–Trinajstić information content (AvgIpc) is 3.11. The summed E-state index contributed by atoms with van der Waals surface area (Å²) in [4.78, 5) is 73.7. The van der Waals surface area contributed by atoms with E-state index >= 15 is 0 Å². The summed E-state index contributed by atoms with van der Waals surface area (Å²) in [6, 6.07) is 7.36. The smallest absolute Gasteiger partial charge is 0.342 e. The van der Waals surface area contributed by atoms with E-state index in [1.807, 2.05) is 0 Å². The molecule has 0 radical (unpaired) electrons. The van der Waals surface area contributed by atoms with Gasteiger partial charge in [0.05, 0.1) is 11.4 Å². The first-order valence-electron chi connectivity index (χ1n) is 17.0. The highest BCUT2D eigenvalue weighted by Crippen LogP contribution is 2.29. The van der Waals surface area contributed by atoms with Crippen molar-refractivity contribution < 1.29 is 67.4 Å². The molecule has 16 nitrogen and oxygen atoms in total. The Labute approximate surface area is 301 Å². The number of hydrogen-bond donors (Lipinski definition) is 2. The molecule has 0 atom stereocenters. The van der Waals surface area contributed by atoms with Crippen molar-refractivity contribution in [1.29, 1.82) is 0 Å². The van der Waals surface area contributed by atoms with E-state index in [2.05, 4.69) is 10.2 Å². The molecule has 0 saturated heterocycles. The van der Waals surface area contributed by atoms with Crippen LogP contribution >= 0.6 is 0 Å². The van der Waals surface area contributed by atoms with Gasteiger partial charge in [-0.25, -0.2) is 9.59 Å². The number of nitrogens with zero attached hydrogens (tertiary/aromatic N) is 2. The molecule has 2 aromatic rings. The van der Waals surface area contributed by atoms with Crippen LogP contribution in [0.25, 0.3) is 0 Å². The number of carbonyl (C=O) groups excluding carboxylic acids is 6. The zero-order chi connectivity index (χ0) is 38.5. The Balaban J connectivity index is 2.21. The Hall–Kier alpha value is -5.54. The average molecular weight is 731 g/mol. The van der Waals surface area contributed by atoms with Gasteiger partial charge in [0, 0.05) is 25.7 Å². The molecule has 0 spiro atoms. The highest BCUT2D eigenvalue weighted by atomic mass is 16.6. The topological polar surface area (TPSA) is 223 Å². The van der Waals surface area contributed by atoms with Crippen LogP contribution in [0.3, 0.4) is 0 Å². The third-order valence-corrected chi connectivity index (χ3v) is 6.77. The number of carbonyl (C=O) groups is 6. The number of phenolic OH excluding ortho intramolecular Hbond substituents is 2. The molecule has 2 aromatic carbocycles. The number of aromatic hydroxyl groups is 2. The fourth-order valence-electron chi connectivity index (χ4n) is 4.13. The normalized spacial score (nSPS) is 11.0. The Morgan fingerprint density at radius 3 is 1.08 bits per heavy atom. The molecule has 0 saturated carbocycles. The van der Waals surface area contributed by atoms with Crippen LogP contribution in [0.15, 0.2) is 46.6 Å². The molecule has 0 bridgehead atoms. The zero-order valence-electron chi connectivity index (χ0n) is 29.8. The van der Waals surface area contributed by atoms with Gasteiger partial charge < -0.3 is 38.6 Å². The number of phenols is 2. The predicted molar refractivity (Wildman–Crippen MR) is 182 cm³/mol. The van der Waals surface area contributed by atoms with Crippen molar-refractivity contribution >= 4 is 47.2 Å². The van der Waals surface area contributed by atoms with Gasteiger partial charge in [-0.15, -0.1) is 0 Å². The molecule has 0 unspecified atom stereocenters. The fraction of sp³-hybridized carbons (Fsp3) is 0.500. The molecular weight excluding hydrogens is 684 g/mol. The Morgan fingerprint density at radius 2 is 0.808 bits per heavy atom. The summed E-state index contributed by atoms with van der Waals surface area (Å²) >= 11 is 0. The van der Waals surface area contributed by atoms with Gasteiger partial charge in [0.25, 0.3) is 0 Å². The van der Waals surface area contributed by atoms with E-state index in [-0.39, 0.29) is 74.6 Å². The lowest BCUT2D eigenvalue weighted by molar-refractivity contribution is -0.154. The van der Waals surface area contributed by atoms with E-state index in [9.17, 15) is 39.0 Å². The van der Waals surface area contributed by atoms with Gasteiger partial charge in [0.2, 0.25) is 0 Å². The lowest BCUT2D eigenvalue weighted by Crippen LogP contribution is -2.31. The summed E-state index contributed by atoms with van der Waals surface area (Å²) in [5.74, 6) is -5.08. The van der Waals surface area contributed by atoms with E-state index in [1.54, 1.807) is 27.7 Å². The molecule has 52 heavy (non-hydrogen) atoms. The first-order chi connectivity index (χ1) is 24.9. The van der Waals surface area contributed by atoms with Crippen LogP contribution in [0.2, 0.25) is 0 Å². The summed E-state index contributed by atoms with van der Waals surface area (Å²) in [5, 5.41) is 28.9. The predicted octanol–water partition coefficient (Wildman–Crippen LogP) is 5.94. The summed E-state index contributed by atoms with van der Waals surface area (Å²) in [6.45, 7) is 5.62. The van der Waals surface area contributed by atoms with E-state index < -0.39 is 59.5 Å². The van der Waals surface area contributed by atoms with Crippen LogP contribution in [0.1, 0.15) is 99.8 Å². The molecule has 0 heterocycles. The minimum atomic E-state index is -1.17. The van der Waals surface area contributed by atoms with Gasteiger partial charge in [-0.3, -0.25) is 19.2 Å². The summed E-state index contributed by atoms with van der Waals surface area (Å²) in [6.07, 6.45) is 0.375. The lowest BCUT2D eigenvalue weighted by Gasteiger charge is -2.18. The van der Waals surface area contributed by atoms with E-state index in [1.165, 1.54) is 36.4 Å². The van der Waals surface area contributed by atoms with Crippen LogP contribution in [-0.2, 0) is 47.6 Å². The number of azo groups is 1. The third kappa shape index (κ3) is 15.6. The molecular formula is C36H46N2O14. The molecule has 0 amide bonds. The minimum absolute atomic E-state index is 0.0742. The maximum Gasteiger partial charge on any atom is 0.342 e. The van der Waals surface area contributed by atoms with Crippen molar-refractivity contribution in [2.45, 2.75) is 91.3 Å². The molecule has 2 N–H and O–H groups in total. The number of benzene rings is 2. The van der Waals surface area contributed by atoms with Gasteiger partial charge in [-0.2, -0.15) is 10.2 Å². The van der Waals surface area contributed by atoms with Crippen molar-refractivity contribution in [3.63, 3.8) is 0 Å². The lowest BCUT2D eigenvalue weighted by atomic mass is 10.1. The molecule has 0 aliphatic carbocycles. The summed E-state index contributed by atoms with van der Waals surface area (Å²) < 4.78 is 31.4. The summed E-state index contributed by atoms with van der Waals surface area (Å²) in [5.41, 5.74) is -0.488. The van der Waals surface area contributed by atoms with Gasteiger partial charge in [-0.05, 0) is 62.1 Å². The third-order valence-electron chi connectivity index (χ3n) is 6.77. The highest BCUT2D eigenvalue weighted by Gasteiger charge is 2.24. The Morgan fingerprint density at radius 1 is 0.519 bits per heavy atom. The highest BCUT2D eigenvalue weighted by molar-refractivity contribution is 5.94. The van der Waals surface area contributed by atoms with E-state index in [4.69, 9.17) is 28.4 Å². The molecule has 0 fully saturated rings. The van der Waals surface area contributed by atoms with Gasteiger partial charge in [0.15, 0.2) is 12.2 Å². The second-order valence-corrected chi connectivity index (χ2v) is 11.4. The van der Waals surface area contributed by atoms with Crippen molar-refractivity contribution in [3.05, 3.63) is 47.5 Å². The number of hydrogen-bond acceptors (Lipinski definition) is 16. The first-order valence-corrected chi connectivity index (χ1v) is 17.0. The van der Waals surface area contributed by atoms with E-state index in [0.717, 1.165) is 0 Å². The van der Waals surface area contributed by atoms with Crippen LogP contribution in [0.4, 0.5) is 11.4 Å². The monoisotopic (exact) mass is 730 g/mol. The standard InChI is InChI=1S/C36H46N2O14/c1-5-9-31(41)47-19-25(20-48-32(42)10-6-2)51-35(45)27-17-23(13-15-29(27)39)37-38-24-14-16-30(40)28(18-24)36(46)52-26(21-49-33(43)11-7-3)22-50-34(44)12-8-4/h13-18,25-26,39-40H,5-12,19-22H2,1-4H3. The van der Waals surface area contributed by atoms with Crippen LogP contribution in [-0.4, -0.2) is 84.7 Å². The maximum atomic E-state index is 13.1. The number of esters is 6.